The lowest BCUT2D eigenvalue weighted by Gasteiger charge is -2.22. The van der Waals surface area contributed by atoms with Crippen LogP contribution in [0.5, 0.6) is 0 Å². The van der Waals surface area contributed by atoms with Crippen LogP contribution in [0.25, 0.3) is 0 Å². The third-order valence-electron chi connectivity index (χ3n) is 4.48. The summed E-state index contributed by atoms with van der Waals surface area (Å²) in [5, 5.41) is 5.78. The van der Waals surface area contributed by atoms with E-state index in [4.69, 9.17) is 0 Å². The van der Waals surface area contributed by atoms with Crippen molar-refractivity contribution in [2.24, 2.45) is 0 Å². The van der Waals surface area contributed by atoms with E-state index in [-0.39, 0.29) is 11.5 Å². The van der Waals surface area contributed by atoms with Crippen molar-refractivity contribution in [1.29, 1.82) is 0 Å². The Bertz CT molecular complexity index is 927. The molecule has 2 amide bonds. The second-order valence-electron chi connectivity index (χ2n) is 6.50. The fraction of sp³-hybridized carbons (Fsp3) is 0.263. The molecular weight excluding hydrogens is 366 g/mol. The number of benzene rings is 2. The molecule has 8 heteroatoms. The lowest BCUT2D eigenvalue weighted by atomic mass is 10.2. The zero-order chi connectivity index (χ0) is 19.4. The molecule has 2 aromatic carbocycles. The molecule has 0 aliphatic carbocycles. The number of carbonyl (C=O) groups excluding carboxylic acids is 2. The standard InChI is InChI=1S/C19H21N3O4S/c1-22(17-11-12-27(25,26)13-17)19(24)18(23)21-16-9-7-15(8-10-16)20-14-5-3-2-4-6-14/h2-10,17,20H,11-13H2,1H3,(H,21,23). The predicted molar refractivity (Wildman–Crippen MR) is 105 cm³/mol. The minimum absolute atomic E-state index is 0.0484. The minimum Gasteiger partial charge on any atom is -0.356 e. The third-order valence-corrected chi connectivity index (χ3v) is 6.23. The molecule has 1 aliphatic rings. The Morgan fingerprint density at radius 1 is 0.963 bits per heavy atom. The number of para-hydroxylation sites is 1. The van der Waals surface area contributed by atoms with Crippen molar-refractivity contribution >= 4 is 38.7 Å². The summed E-state index contributed by atoms with van der Waals surface area (Å²) in [6, 6.07) is 16.2. The first-order valence-corrected chi connectivity index (χ1v) is 10.4. The number of rotatable bonds is 4. The highest BCUT2D eigenvalue weighted by Crippen LogP contribution is 2.19. The summed E-state index contributed by atoms with van der Waals surface area (Å²) in [4.78, 5) is 25.7. The molecule has 1 fully saturated rings. The molecule has 1 unspecified atom stereocenters. The Kier molecular flexibility index (Phi) is 5.46. The molecule has 2 N–H and O–H groups in total. The van der Waals surface area contributed by atoms with Gasteiger partial charge >= 0.3 is 11.8 Å². The fourth-order valence-corrected chi connectivity index (χ4v) is 4.69. The van der Waals surface area contributed by atoms with Gasteiger partial charge in [0.05, 0.1) is 11.5 Å². The van der Waals surface area contributed by atoms with Crippen LogP contribution in [-0.2, 0) is 19.4 Å². The van der Waals surface area contributed by atoms with Crippen LogP contribution in [-0.4, -0.2) is 49.7 Å². The van der Waals surface area contributed by atoms with E-state index in [0.29, 0.717) is 12.1 Å². The summed E-state index contributed by atoms with van der Waals surface area (Å²) in [5.41, 5.74) is 2.27. The second-order valence-corrected chi connectivity index (χ2v) is 8.72. The molecule has 1 saturated heterocycles. The van der Waals surface area contributed by atoms with E-state index >= 15 is 0 Å². The molecule has 0 aromatic heterocycles. The van der Waals surface area contributed by atoms with Crippen molar-refractivity contribution in [3.63, 3.8) is 0 Å². The number of carbonyl (C=O) groups is 2. The van der Waals surface area contributed by atoms with Crippen LogP contribution in [0.1, 0.15) is 6.42 Å². The first kappa shape index (κ1) is 18.9. The molecule has 1 heterocycles. The van der Waals surface area contributed by atoms with E-state index in [0.717, 1.165) is 11.4 Å². The van der Waals surface area contributed by atoms with Gasteiger partial charge in [0, 0.05) is 30.2 Å². The van der Waals surface area contributed by atoms with Crippen LogP contribution in [0.15, 0.2) is 54.6 Å². The van der Waals surface area contributed by atoms with Crippen LogP contribution >= 0.6 is 0 Å². The number of likely N-dealkylation sites (N-methyl/N-ethyl adjacent to an activating group) is 1. The average Bonchev–Trinajstić information content (AvgIpc) is 3.02. The van der Waals surface area contributed by atoms with Gasteiger partial charge in [-0.15, -0.1) is 0 Å². The van der Waals surface area contributed by atoms with Crippen LogP contribution in [0.4, 0.5) is 17.1 Å². The minimum atomic E-state index is -3.12. The van der Waals surface area contributed by atoms with Crippen LogP contribution in [0.2, 0.25) is 0 Å². The number of hydrogen-bond donors (Lipinski definition) is 2. The molecule has 0 saturated carbocycles. The highest BCUT2D eigenvalue weighted by Gasteiger charge is 2.34. The smallest absolute Gasteiger partial charge is 0.313 e. The first-order valence-electron chi connectivity index (χ1n) is 8.55. The Morgan fingerprint density at radius 3 is 2.15 bits per heavy atom. The van der Waals surface area contributed by atoms with Gasteiger partial charge in [0.2, 0.25) is 0 Å². The molecular formula is C19H21N3O4S. The third kappa shape index (κ3) is 4.85. The lowest BCUT2D eigenvalue weighted by Crippen LogP contribution is -2.43. The molecule has 2 aromatic rings. The van der Waals surface area contributed by atoms with Crippen LogP contribution in [0.3, 0.4) is 0 Å². The normalized spacial score (nSPS) is 17.9. The summed E-state index contributed by atoms with van der Waals surface area (Å²) < 4.78 is 23.1. The molecule has 1 atom stereocenters. The van der Waals surface area contributed by atoms with Crippen molar-refractivity contribution in [2.75, 3.05) is 29.2 Å². The highest BCUT2D eigenvalue weighted by molar-refractivity contribution is 7.91. The Hall–Kier alpha value is -2.87. The topological polar surface area (TPSA) is 95.6 Å². The van der Waals surface area contributed by atoms with Gasteiger partial charge in [-0.2, -0.15) is 0 Å². The molecule has 27 heavy (non-hydrogen) atoms. The zero-order valence-corrected chi connectivity index (χ0v) is 15.7. The van der Waals surface area contributed by atoms with E-state index in [2.05, 4.69) is 10.6 Å². The summed E-state index contributed by atoms with van der Waals surface area (Å²) in [6.45, 7) is 0. The van der Waals surface area contributed by atoms with E-state index in [1.807, 2.05) is 30.3 Å². The fourth-order valence-electron chi connectivity index (χ4n) is 2.92. The van der Waals surface area contributed by atoms with Crippen molar-refractivity contribution in [1.82, 2.24) is 4.90 Å². The number of anilines is 3. The Balaban J connectivity index is 1.58. The molecule has 0 spiro atoms. The summed E-state index contributed by atoms with van der Waals surface area (Å²) in [5.74, 6) is -1.58. The number of sulfone groups is 1. The quantitative estimate of drug-likeness (QED) is 0.783. The molecule has 7 nitrogen and oxygen atoms in total. The van der Waals surface area contributed by atoms with E-state index < -0.39 is 27.7 Å². The molecule has 142 valence electrons. The summed E-state index contributed by atoms with van der Waals surface area (Å²) in [7, 11) is -1.66. The zero-order valence-electron chi connectivity index (χ0n) is 14.9. The highest BCUT2D eigenvalue weighted by atomic mass is 32.2. The van der Waals surface area contributed by atoms with Gasteiger partial charge in [0.15, 0.2) is 9.84 Å². The molecule has 1 aliphatic heterocycles. The van der Waals surface area contributed by atoms with Crippen molar-refractivity contribution in [3.8, 4) is 0 Å². The van der Waals surface area contributed by atoms with Gasteiger partial charge < -0.3 is 15.5 Å². The Labute approximate surface area is 158 Å². The number of amides is 2. The maximum atomic E-state index is 12.3. The molecule has 0 radical (unpaired) electrons. The van der Waals surface area contributed by atoms with Crippen molar-refractivity contribution in [3.05, 3.63) is 54.6 Å². The molecule has 0 bridgehead atoms. The van der Waals surface area contributed by atoms with E-state index in [9.17, 15) is 18.0 Å². The number of nitrogens with one attached hydrogen (secondary N) is 2. The second kappa shape index (κ2) is 7.79. The van der Waals surface area contributed by atoms with Gasteiger partial charge in [-0.05, 0) is 42.8 Å². The van der Waals surface area contributed by atoms with Gasteiger partial charge in [0.25, 0.3) is 0 Å². The van der Waals surface area contributed by atoms with Crippen LogP contribution in [0, 0.1) is 0 Å². The molecule has 3 rings (SSSR count). The lowest BCUT2D eigenvalue weighted by molar-refractivity contribution is -0.143. The maximum absolute atomic E-state index is 12.3. The van der Waals surface area contributed by atoms with Gasteiger partial charge in [-0.3, -0.25) is 9.59 Å². The average molecular weight is 387 g/mol. The maximum Gasteiger partial charge on any atom is 0.313 e. The van der Waals surface area contributed by atoms with E-state index in [1.165, 1.54) is 11.9 Å². The largest absolute Gasteiger partial charge is 0.356 e. The van der Waals surface area contributed by atoms with Crippen molar-refractivity contribution in [2.45, 2.75) is 12.5 Å². The first-order chi connectivity index (χ1) is 12.8. The number of hydrogen-bond acceptors (Lipinski definition) is 5. The van der Waals surface area contributed by atoms with E-state index in [1.54, 1.807) is 24.3 Å². The predicted octanol–water partition coefficient (Wildman–Crippen LogP) is 2.01. The summed E-state index contributed by atoms with van der Waals surface area (Å²) >= 11 is 0. The monoisotopic (exact) mass is 387 g/mol. The van der Waals surface area contributed by atoms with Crippen LogP contribution < -0.4 is 10.6 Å². The Morgan fingerprint density at radius 2 is 1.56 bits per heavy atom. The van der Waals surface area contributed by atoms with Crippen molar-refractivity contribution < 1.29 is 18.0 Å². The van der Waals surface area contributed by atoms with Gasteiger partial charge in [-0.25, -0.2) is 8.42 Å². The van der Waals surface area contributed by atoms with Gasteiger partial charge in [0.1, 0.15) is 0 Å². The number of nitrogens with zero attached hydrogens (tertiary/aromatic N) is 1. The SMILES string of the molecule is CN(C(=O)C(=O)Nc1ccc(Nc2ccccc2)cc1)C1CCS(=O)(=O)C1. The van der Waals surface area contributed by atoms with Gasteiger partial charge in [-0.1, -0.05) is 18.2 Å². The summed E-state index contributed by atoms with van der Waals surface area (Å²) in [6.07, 6.45) is 0.359.